The van der Waals surface area contributed by atoms with Crippen LogP contribution in [0.1, 0.15) is 25.0 Å². The molecule has 0 saturated carbocycles. The Kier molecular flexibility index (Phi) is 7.41. The number of hydrogen-bond donors (Lipinski definition) is 2. The van der Waals surface area contributed by atoms with E-state index in [0.29, 0.717) is 49.3 Å². The van der Waals surface area contributed by atoms with Crippen molar-refractivity contribution in [2.45, 2.75) is 26.7 Å². The van der Waals surface area contributed by atoms with Crippen LogP contribution in [0.25, 0.3) is 0 Å². The van der Waals surface area contributed by atoms with E-state index in [-0.39, 0.29) is 0 Å². The van der Waals surface area contributed by atoms with Crippen LogP contribution in [0.3, 0.4) is 0 Å². The molecule has 0 aliphatic rings. The first kappa shape index (κ1) is 18.9. The van der Waals surface area contributed by atoms with Crippen molar-refractivity contribution in [2.75, 3.05) is 37.9 Å². The fourth-order valence-corrected chi connectivity index (χ4v) is 2.37. The highest BCUT2D eigenvalue weighted by atomic mass is 16.5. The normalized spacial score (nSPS) is 10.6. The summed E-state index contributed by atoms with van der Waals surface area (Å²) in [6.07, 6.45) is 1.90. The van der Waals surface area contributed by atoms with Crippen LogP contribution in [-0.2, 0) is 17.6 Å². The van der Waals surface area contributed by atoms with E-state index in [9.17, 15) is 0 Å². The van der Waals surface area contributed by atoms with Crippen LogP contribution in [0.2, 0.25) is 0 Å². The van der Waals surface area contributed by atoms with Crippen molar-refractivity contribution in [3.8, 4) is 11.5 Å². The van der Waals surface area contributed by atoms with E-state index in [1.54, 1.807) is 0 Å². The maximum Gasteiger partial charge on any atom is 0.142 e. The Hall–Kier alpha value is -2.40. The van der Waals surface area contributed by atoms with Gasteiger partial charge in [-0.05, 0) is 48.2 Å². The molecule has 0 fully saturated rings. The van der Waals surface area contributed by atoms with Crippen LogP contribution >= 0.6 is 0 Å². The molecule has 2 aromatic carbocycles. The first-order valence-corrected chi connectivity index (χ1v) is 8.74. The summed E-state index contributed by atoms with van der Waals surface area (Å²) in [4.78, 5) is 0. The standard InChI is InChI=1S/C20H28N2O3/c1-3-15-5-7-17(21)19(13-15)24-11-9-23-10-12-25-20-14-16(4-2)6-8-18(20)22/h5-8,13-14H,3-4,9-12,21-22H2,1-2H3. The van der Waals surface area contributed by atoms with Gasteiger partial charge in [-0.2, -0.15) is 0 Å². The summed E-state index contributed by atoms with van der Waals surface area (Å²) in [5, 5.41) is 0. The second-order valence-electron chi connectivity index (χ2n) is 5.76. The third-order valence-electron chi connectivity index (χ3n) is 3.94. The third-order valence-corrected chi connectivity index (χ3v) is 3.94. The van der Waals surface area contributed by atoms with Crippen molar-refractivity contribution in [3.05, 3.63) is 47.5 Å². The van der Waals surface area contributed by atoms with Gasteiger partial charge in [0.2, 0.25) is 0 Å². The number of nitrogens with two attached hydrogens (primary N) is 2. The first-order chi connectivity index (χ1) is 12.1. The number of hydrogen-bond acceptors (Lipinski definition) is 5. The van der Waals surface area contributed by atoms with E-state index in [4.69, 9.17) is 25.7 Å². The van der Waals surface area contributed by atoms with E-state index in [1.807, 2.05) is 36.4 Å². The average molecular weight is 344 g/mol. The molecule has 0 aliphatic heterocycles. The van der Waals surface area contributed by atoms with Crippen molar-refractivity contribution >= 4 is 11.4 Å². The summed E-state index contributed by atoms with van der Waals surface area (Å²) in [5.74, 6) is 1.42. The van der Waals surface area contributed by atoms with E-state index in [2.05, 4.69) is 13.8 Å². The number of aryl methyl sites for hydroxylation is 2. The van der Waals surface area contributed by atoms with E-state index in [1.165, 1.54) is 11.1 Å². The van der Waals surface area contributed by atoms with Crippen molar-refractivity contribution < 1.29 is 14.2 Å². The van der Waals surface area contributed by atoms with Gasteiger partial charge in [-0.15, -0.1) is 0 Å². The Bertz CT molecular complexity index is 616. The molecule has 2 aromatic rings. The highest BCUT2D eigenvalue weighted by molar-refractivity contribution is 5.54. The maximum absolute atomic E-state index is 5.91. The molecule has 0 spiro atoms. The van der Waals surface area contributed by atoms with Gasteiger partial charge < -0.3 is 25.7 Å². The van der Waals surface area contributed by atoms with Gasteiger partial charge in [0.25, 0.3) is 0 Å². The number of rotatable bonds is 10. The molecule has 0 heterocycles. The first-order valence-electron chi connectivity index (χ1n) is 8.74. The third kappa shape index (κ3) is 5.87. The molecule has 2 rings (SSSR count). The van der Waals surface area contributed by atoms with Crippen LogP contribution < -0.4 is 20.9 Å². The zero-order valence-corrected chi connectivity index (χ0v) is 15.1. The molecular weight excluding hydrogens is 316 g/mol. The topological polar surface area (TPSA) is 79.7 Å². The lowest BCUT2D eigenvalue weighted by molar-refractivity contribution is 0.0767. The van der Waals surface area contributed by atoms with Gasteiger partial charge in [0.05, 0.1) is 24.6 Å². The highest BCUT2D eigenvalue weighted by Gasteiger charge is 2.03. The number of nitrogen functional groups attached to an aromatic ring is 2. The van der Waals surface area contributed by atoms with Crippen LogP contribution in [0.4, 0.5) is 11.4 Å². The fraction of sp³-hybridized carbons (Fsp3) is 0.400. The molecule has 0 radical (unpaired) electrons. The largest absolute Gasteiger partial charge is 0.489 e. The molecule has 136 valence electrons. The zero-order chi connectivity index (χ0) is 18.1. The van der Waals surface area contributed by atoms with E-state index in [0.717, 1.165) is 12.8 Å². The fourth-order valence-electron chi connectivity index (χ4n) is 2.37. The molecule has 5 nitrogen and oxygen atoms in total. The Labute approximate surface area is 149 Å². The monoisotopic (exact) mass is 344 g/mol. The summed E-state index contributed by atoms with van der Waals surface area (Å²) in [7, 11) is 0. The summed E-state index contributed by atoms with van der Waals surface area (Å²) in [6, 6.07) is 11.7. The minimum Gasteiger partial charge on any atom is -0.489 e. The Balaban J connectivity index is 1.66. The molecule has 5 heteroatoms. The van der Waals surface area contributed by atoms with Crippen LogP contribution in [0.15, 0.2) is 36.4 Å². The minimum absolute atomic E-state index is 0.449. The summed E-state index contributed by atoms with van der Waals surface area (Å²) in [6.45, 7) is 6.05. The Morgan fingerprint density at radius 3 is 1.52 bits per heavy atom. The van der Waals surface area contributed by atoms with Crippen LogP contribution in [0, 0.1) is 0 Å². The average Bonchev–Trinajstić information content (AvgIpc) is 2.63. The van der Waals surface area contributed by atoms with Crippen molar-refractivity contribution in [1.82, 2.24) is 0 Å². The summed E-state index contributed by atoms with van der Waals surface area (Å²) in [5.41, 5.74) is 15.5. The molecule has 0 aliphatic carbocycles. The van der Waals surface area contributed by atoms with Gasteiger partial charge in [-0.3, -0.25) is 0 Å². The smallest absolute Gasteiger partial charge is 0.142 e. The second-order valence-corrected chi connectivity index (χ2v) is 5.76. The quantitative estimate of drug-likeness (QED) is 0.510. The zero-order valence-electron chi connectivity index (χ0n) is 15.1. The number of benzene rings is 2. The Morgan fingerprint density at radius 2 is 1.12 bits per heavy atom. The lowest BCUT2D eigenvalue weighted by atomic mass is 10.1. The van der Waals surface area contributed by atoms with E-state index >= 15 is 0 Å². The maximum atomic E-state index is 5.91. The van der Waals surface area contributed by atoms with Gasteiger partial charge in [-0.1, -0.05) is 26.0 Å². The van der Waals surface area contributed by atoms with E-state index < -0.39 is 0 Å². The number of ether oxygens (including phenoxy) is 3. The molecule has 25 heavy (non-hydrogen) atoms. The molecular formula is C20H28N2O3. The lowest BCUT2D eigenvalue weighted by Gasteiger charge is -2.12. The van der Waals surface area contributed by atoms with Gasteiger partial charge in [0, 0.05) is 0 Å². The van der Waals surface area contributed by atoms with Crippen LogP contribution in [0.5, 0.6) is 11.5 Å². The van der Waals surface area contributed by atoms with Crippen molar-refractivity contribution in [2.24, 2.45) is 0 Å². The molecule has 0 aromatic heterocycles. The van der Waals surface area contributed by atoms with Gasteiger partial charge in [0.15, 0.2) is 0 Å². The van der Waals surface area contributed by atoms with Crippen molar-refractivity contribution in [3.63, 3.8) is 0 Å². The minimum atomic E-state index is 0.449. The molecule has 0 amide bonds. The highest BCUT2D eigenvalue weighted by Crippen LogP contribution is 2.23. The molecule has 0 unspecified atom stereocenters. The predicted molar refractivity (Wildman–Crippen MR) is 102 cm³/mol. The Morgan fingerprint density at radius 1 is 0.680 bits per heavy atom. The lowest BCUT2D eigenvalue weighted by Crippen LogP contribution is -2.13. The van der Waals surface area contributed by atoms with Crippen LogP contribution in [-0.4, -0.2) is 26.4 Å². The predicted octanol–water partition coefficient (Wildman–Crippen LogP) is 3.45. The SMILES string of the molecule is CCc1ccc(N)c(OCCOCCOc2cc(CC)ccc2N)c1. The van der Waals surface area contributed by atoms with Gasteiger partial charge in [0.1, 0.15) is 24.7 Å². The summed E-state index contributed by atoms with van der Waals surface area (Å²) < 4.78 is 16.9. The van der Waals surface area contributed by atoms with Gasteiger partial charge in [-0.25, -0.2) is 0 Å². The molecule has 0 atom stereocenters. The number of anilines is 2. The van der Waals surface area contributed by atoms with Crippen molar-refractivity contribution in [1.29, 1.82) is 0 Å². The molecule has 0 saturated heterocycles. The molecule has 0 bridgehead atoms. The molecule has 4 N–H and O–H groups in total. The summed E-state index contributed by atoms with van der Waals surface area (Å²) >= 11 is 0. The van der Waals surface area contributed by atoms with Gasteiger partial charge >= 0.3 is 0 Å². The second kappa shape index (κ2) is 9.79.